The molecule has 1 N–H and O–H groups in total. The van der Waals surface area contributed by atoms with Gasteiger partial charge in [0.05, 0.1) is 12.4 Å². The molecule has 0 unspecified atom stereocenters. The van der Waals surface area contributed by atoms with Crippen LogP contribution in [0.25, 0.3) is 27.8 Å². The summed E-state index contributed by atoms with van der Waals surface area (Å²) in [5.41, 5.74) is 9.43. The molecule has 0 saturated carbocycles. The van der Waals surface area contributed by atoms with Gasteiger partial charge in [-0.2, -0.15) is 5.10 Å². The van der Waals surface area contributed by atoms with E-state index in [1.54, 1.807) is 11.4 Å². The lowest BCUT2D eigenvalue weighted by Gasteiger charge is -2.32. The molecule has 9 heteroatoms. The van der Waals surface area contributed by atoms with E-state index in [1.807, 2.05) is 9.42 Å². The van der Waals surface area contributed by atoms with Gasteiger partial charge in [-0.05, 0) is 86.8 Å². The van der Waals surface area contributed by atoms with Crippen LogP contribution in [0.3, 0.4) is 0 Å². The number of amides is 1. The van der Waals surface area contributed by atoms with Crippen molar-refractivity contribution in [2.45, 2.75) is 72.3 Å². The first-order valence-corrected chi connectivity index (χ1v) is 14.6. The Morgan fingerprint density at radius 3 is 2.52 bits per heavy atom. The number of aryl methyl sites for hydroxylation is 1. The first-order valence-electron chi connectivity index (χ1n) is 14.6. The lowest BCUT2D eigenvalue weighted by Crippen LogP contribution is -2.41. The molecule has 2 saturated heterocycles. The minimum atomic E-state index is -0.216. The van der Waals surface area contributed by atoms with Crippen molar-refractivity contribution in [1.82, 2.24) is 34.4 Å². The summed E-state index contributed by atoms with van der Waals surface area (Å²) in [6, 6.07) is 7.32. The number of nitrogens with one attached hydrogen (secondary N) is 1. The molecule has 0 atom stereocenters. The molecule has 6 rings (SSSR count). The summed E-state index contributed by atoms with van der Waals surface area (Å²) < 4.78 is 1.88. The van der Waals surface area contributed by atoms with E-state index in [-0.39, 0.29) is 6.09 Å². The number of piperidine rings is 1. The van der Waals surface area contributed by atoms with Gasteiger partial charge >= 0.3 is 6.09 Å². The standard InChI is InChI=1S/C31H41N7O2/c1-19(2)28-25-15-24(23-9-11-35(12-10-23)31(39)40-37-14-13-36(18-37)20(3)4)7-8-27(25)34-29(28)26-16-38-30(32-17-33-38)22(6)21(26)5/h7-8,15-17,19-20,23,34H,9-14,18H2,1-6H3. The van der Waals surface area contributed by atoms with Crippen LogP contribution in [0.15, 0.2) is 30.7 Å². The van der Waals surface area contributed by atoms with E-state index in [4.69, 9.17) is 4.84 Å². The van der Waals surface area contributed by atoms with Gasteiger partial charge in [-0.3, -0.25) is 4.90 Å². The number of carbonyl (C=O) groups excluding carboxylic acids is 1. The normalized spacial score (nSPS) is 17.8. The summed E-state index contributed by atoms with van der Waals surface area (Å²) >= 11 is 0. The van der Waals surface area contributed by atoms with E-state index >= 15 is 0 Å². The Balaban J connectivity index is 1.21. The van der Waals surface area contributed by atoms with Gasteiger partial charge in [-0.25, -0.2) is 14.3 Å². The fraction of sp³-hybridized carbons (Fsp3) is 0.516. The number of aromatic nitrogens is 4. The van der Waals surface area contributed by atoms with Crippen LogP contribution < -0.4 is 0 Å². The molecule has 9 nitrogen and oxygen atoms in total. The molecule has 2 fully saturated rings. The summed E-state index contributed by atoms with van der Waals surface area (Å²) in [5, 5.41) is 7.49. The number of nitrogens with zero attached hydrogens (tertiary/aromatic N) is 6. The number of pyridine rings is 1. The first kappa shape index (κ1) is 26.8. The van der Waals surface area contributed by atoms with Crippen molar-refractivity contribution in [3.8, 4) is 11.3 Å². The Kier molecular flexibility index (Phi) is 7.04. The average molecular weight is 544 g/mol. The molecular formula is C31H41N7O2. The molecule has 0 bridgehead atoms. The number of aromatic amines is 1. The number of carbonyl (C=O) groups is 1. The maximum absolute atomic E-state index is 12.9. The van der Waals surface area contributed by atoms with Crippen LogP contribution in [0.5, 0.6) is 0 Å². The highest BCUT2D eigenvalue weighted by molar-refractivity contribution is 5.92. The summed E-state index contributed by atoms with van der Waals surface area (Å²) in [7, 11) is 0. The molecule has 5 heterocycles. The number of rotatable bonds is 5. The number of hydrogen-bond acceptors (Lipinski definition) is 6. The van der Waals surface area contributed by atoms with Crippen molar-refractivity contribution in [3.63, 3.8) is 0 Å². The van der Waals surface area contributed by atoms with Crippen LogP contribution in [0, 0.1) is 13.8 Å². The number of H-pyrrole nitrogens is 1. The second kappa shape index (κ2) is 10.5. The third-order valence-electron chi connectivity index (χ3n) is 8.97. The average Bonchev–Trinajstić information content (AvgIpc) is 3.68. The van der Waals surface area contributed by atoms with Gasteiger partial charge in [0.1, 0.15) is 6.33 Å². The molecule has 1 aromatic carbocycles. The molecule has 3 aromatic heterocycles. The molecule has 0 spiro atoms. The summed E-state index contributed by atoms with van der Waals surface area (Å²) in [6.45, 7) is 17.0. The Labute approximate surface area is 236 Å². The highest BCUT2D eigenvalue weighted by Gasteiger charge is 2.30. The van der Waals surface area contributed by atoms with Crippen LogP contribution in [-0.4, -0.2) is 79.4 Å². The third-order valence-corrected chi connectivity index (χ3v) is 8.97. The Bertz CT molecular complexity index is 1540. The second-order valence-electron chi connectivity index (χ2n) is 12.1. The van der Waals surface area contributed by atoms with Gasteiger partial charge in [0.2, 0.25) is 0 Å². The lowest BCUT2D eigenvalue weighted by molar-refractivity contribution is -0.107. The maximum atomic E-state index is 12.9. The lowest BCUT2D eigenvalue weighted by atomic mass is 9.87. The van der Waals surface area contributed by atoms with Gasteiger partial charge in [-0.15, -0.1) is 5.06 Å². The van der Waals surface area contributed by atoms with E-state index < -0.39 is 0 Å². The molecule has 1 amide bonds. The van der Waals surface area contributed by atoms with E-state index in [2.05, 4.69) is 85.9 Å². The van der Waals surface area contributed by atoms with Crippen LogP contribution in [0.1, 0.15) is 74.6 Å². The number of hydroxylamine groups is 2. The molecule has 0 aliphatic carbocycles. The monoisotopic (exact) mass is 543 g/mol. The van der Waals surface area contributed by atoms with E-state index in [9.17, 15) is 4.79 Å². The zero-order valence-corrected chi connectivity index (χ0v) is 24.6. The first-order chi connectivity index (χ1) is 19.2. The van der Waals surface area contributed by atoms with Crippen molar-refractivity contribution >= 4 is 22.6 Å². The summed E-state index contributed by atoms with van der Waals surface area (Å²) in [5.74, 6) is 0.768. The van der Waals surface area contributed by atoms with Gasteiger partial charge < -0.3 is 14.7 Å². The Hall–Kier alpha value is -3.43. The van der Waals surface area contributed by atoms with E-state index in [0.717, 1.165) is 61.4 Å². The van der Waals surface area contributed by atoms with E-state index in [1.165, 1.54) is 27.6 Å². The molecule has 212 valence electrons. The molecule has 2 aliphatic heterocycles. The van der Waals surface area contributed by atoms with Crippen LogP contribution >= 0.6 is 0 Å². The quantitative estimate of drug-likeness (QED) is 0.341. The van der Waals surface area contributed by atoms with Crippen molar-refractivity contribution in [1.29, 1.82) is 0 Å². The van der Waals surface area contributed by atoms with Crippen molar-refractivity contribution in [3.05, 3.63) is 53.0 Å². The smallest absolute Gasteiger partial charge is 0.354 e. The number of hydrogen-bond donors (Lipinski definition) is 1. The Morgan fingerprint density at radius 1 is 1.05 bits per heavy atom. The Morgan fingerprint density at radius 2 is 1.82 bits per heavy atom. The molecule has 0 radical (unpaired) electrons. The number of fused-ring (bicyclic) bond motifs is 2. The third kappa shape index (κ3) is 4.75. The molecule has 4 aromatic rings. The topological polar surface area (TPSA) is 82.0 Å². The van der Waals surface area contributed by atoms with Gasteiger partial charge in [-0.1, -0.05) is 19.9 Å². The van der Waals surface area contributed by atoms with Gasteiger partial charge in [0, 0.05) is 54.9 Å². The summed E-state index contributed by atoms with van der Waals surface area (Å²) in [6.07, 6.45) is 5.37. The number of benzene rings is 1. The zero-order chi connectivity index (χ0) is 28.1. The SMILES string of the molecule is Cc1c(-c2[nH]c3ccc(C4CCN(C(=O)ON5CCN(C(C)C)C5)CC4)cc3c2C(C)C)cn2ncnc2c1C. The predicted octanol–water partition coefficient (Wildman–Crippen LogP) is 5.83. The van der Waals surface area contributed by atoms with Crippen LogP contribution in [0.4, 0.5) is 4.79 Å². The minimum Gasteiger partial charge on any atom is -0.354 e. The van der Waals surface area contributed by atoms with Gasteiger partial charge in [0.25, 0.3) is 0 Å². The molecule has 2 aliphatic rings. The molecular weight excluding hydrogens is 502 g/mol. The highest BCUT2D eigenvalue weighted by Crippen LogP contribution is 2.40. The molecule has 40 heavy (non-hydrogen) atoms. The second-order valence-corrected chi connectivity index (χ2v) is 12.1. The summed E-state index contributed by atoms with van der Waals surface area (Å²) in [4.78, 5) is 30.9. The maximum Gasteiger partial charge on any atom is 0.428 e. The largest absolute Gasteiger partial charge is 0.428 e. The predicted molar refractivity (Wildman–Crippen MR) is 157 cm³/mol. The zero-order valence-electron chi connectivity index (χ0n) is 24.6. The van der Waals surface area contributed by atoms with Crippen LogP contribution in [0.2, 0.25) is 0 Å². The van der Waals surface area contributed by atoms with Crippen molar-refractivity contribution in [2.75, 3.05) is 32.8 Å². The minimum absolute atomic E-state index is 0.216. The van der Waals surface area contributed by atoms with E-state index in [0.29, 0.717) is 24.5 Å². The van der Waals surface area contributed by atoms with Gasteiger partial charge in [0.15, 0.2) is 5.65 Å². The van der Waals surface area contributed by atoms with Crippen molar-refractivity contribution in [2.24, 2.45) is 0 Å². The van der Waals surface area contributed by atoms with Crippen LogP contribution in [-0.2, 0) is 4.84 Å². The number of likely N-dealkylation sites (tertiary alicyclic amines) is 1. The fourth-order valence-electron chi connectivity index (χ4n) is 6.39. The van der Waals surface area contributed by atoms with Crippen molar-refractivity contribution < 1.29 is 9.63 Å². The fourth-order valence-corrected chi connectivity index (χ4v) is 6.39. The highest BCUT2D eigenvalue weighted by atomic mass is 16.7.